The molecule has 0 unspecified atom stereocenters. The summed E-state index contributed by atoms with van der Waals surface area (Å²) in [7, 11) is 0. The van der Waals surface area contributed by atoms with Crippen LogP contribution in [0.1, 0.15) is 40.5 Å². The Kier molecular flexibility index (Phi) is 9.40. The van der Waals surface area contributed by atoms with Crippen LogP contribution in [0.25, 0.3) is 0 Å². The summed E-state index contributed by atoms with van der Waals surface area (Å²) in [6, 6.07) is -0.403. The Morgan fingerprint density at radius 1 is 1.11 bits per heavy atom. The molecule has 0 aromatic rings. The van der Waals surface area contributed by atoms with Crippen molar-refractivity contribution in [3.8, 4) is 0 Å². The summed E-state index contributed by atoms with van der Waals surface area (Å²) in [5.41, 5.74) is 0. The van der Waals surface area contributed by atoms with Gasteiger partial charge in [0.25, 0.3) is 0 Å². The van der Waals surface area contributed by atoms with Crippen LogP contribution in [0.4, 0.5) is 0 Å². The van der Waals surface area contributed by atoms with Crippen molar-refractivity contribution in [3.63, 3.8) is 0 Å². The van der Waals surface area contributed by atoms with Crippen molar-refractivity contribution >= 4 is 34.4 Å². The van der Waals surface area contributed by atoms with E-state index in [9.17, 15) is 9.59 Å². The fraction of sp³-hybridized carbons (Fsp3) is 0.846. The molecule has 0 aromatic carbocycles. The zero-order chi connectivity index (χ0) is 14.1. The fourth-order valence-electron chi connectivity index (χ4n) is 1.54. The lowest BCUT2D eigenvalue weighted by Gasteiger charge is -2.20. The van der Waals surface area contributed by atoms with Gasteiger partial charge in [-0.25, -0.2) is 0 Å². The number of hydrogen-bond acceptors (Lipinski definition) is 2. The Balaban J connectivity index is 4.26. The van der Waals surface area contributed by atoms with E-state index < -0.39 is 6.04 Å². The minimum atomic E-state index is -0.403. The molecule has 106 valence electrons. The molecule has 2 N–H and O–H groups in total. The zero-order valence-corrected chi connectivity index (χ0v) is 13.9. The van der Waals surface area contributed by atoms with Gasteiger partial charge in [-0.05, 0) is 24.7 Å². The van der Waals surface area contributed by atoms with Crippen LogP contribution in [0.5, 0.6) is 0 Å². The van der Waals surface area contributed by atoms with Crippen molar-refractivity contribution in [2.24, 2.45) is 11.8 Å². The van der Waals surface area contributed by atoms with E-state index in [-0.39, 0.29) is 11.8 Å². The third-order valence-electron chi connectivity index (χ3n) is 2.50. The second-order valence-electron chi connectivity index (χ2n) is 5.36. The molecule has 0 saturated heterocycles. The van der Waals surface area contributed by atoms with E-state index in [4.69, 9.17) is 0 Å². The van der Waals surface area contributed by atoms with Crippen molar-refractivity contribution < 1.29 is 9.59 Å². The first-order chi connectivity index (χ1) is 8.36. The average Bonchev–Trinajstić information content (AvgIpc) is 2.26. The lowest BCUT2D eigenvalue weighted by Crippen LogP contribution is -2.48. The fourth-order valence-corrected chi connectivity index (χ4v) is 1.76. The van der Waals surface area contributed by atoms with Crippen molar-refractivity contribution in [2.45, 2.75) is 46.6 Å². The lowest BCUT2D eigenvalue weighted by atomic mass is 10.0. The molecule has 0 radical (unpaired) electrons. The van der Waals surface area contributed by atoms with Gasteiger partial charge in [0, 0.05) is 6.54 Å². The molecule has 2 amide bonds. The molecule has 1 atom stereocenters. The van der Waals surface area contributed by atoms with Gasteiger partial charge in [-0.1, -0.05) is 50.3 Å². The van der Waals surface area contributed by atoms with Crippen LogP contribution in [0.15, 0.2) is 0 Å². The van der Waals surface area contributed by atoms with Crippen LogP contribution in [0, 0.1) is 11.8 Å². The molecule has 0 aliphatic rings. The van der Waals surface area contributed by atoms with Gasteiger partial charge in [-0.15, -0.1) is 0 Å². The van der Waals surface area contributed by atoms with Crippen molar-refractivity contribution in [1.82, 2.24) is 10.6 Å². The Labute approximate surface area is 124 Å². The number of nitrogens with one attached hydrogen (secondary N) is 2. The standard InChI is InChI=1S/C13H25IN2O2/c1-9(2)5-6-15-13(18)11(7-10(3)4)16-12(17)8-14/h9-11H,5-8H2,1-4H3,(H,15,18)(H,16,17)/t11-/m0/s1. The number of rotatable bonds is 8. The number of alkyl halides is 1. The van der Waals surface area contributed by atoms with E-state index in [2.05, 4.69) is 24.5 Å². The smallest absolute Gasteiger partial charge is 0.242 e. The molecule has 0 spiro atoms. The number of hydrogen-bond donors (Lipinski definition) is 2. The molecule has 18 heavy (non-hydrogen) atoms. The first kappa shape index (κ1) is 17.7. The predicted octanol–water partition coefficient (Wildman–Crippen LogP) is 2.11. The van der Waals surface area contributed by atoms with Crippen molar-refractivity contribution in [2.75, 3.05) is 11.0 Å². The summed E-state index contributed by atoms with van der Waals surface area (Å²) in [5, 5.41) is 5.67. The normalized spacial score (nSPS) is 12.6. The highest BCUT2D eigenvalue weighted by molar-refractivity contribution is 14.1. The maximum atomic E-state index is 12.0. The van der Waals surface area contributed by atoms with Crippen LogP contribution < -0.4 is 10.6 Å². The molecular formula is C13H25IN2O2. The molecule has 0 bridgehead atoms. The molecule has 0 fully saturated rings. The molecule has 5 heteroatoms. The van der Waals surface area contributed by atoms with Gasteiger partial charge in [-0.3, -0.25) is 9.59 Å². The van der Waals surface area contributed by atoms with Crippen LogP contribution in [0.2, 0.25) is 0 Å². The summed E-state index contributed by atoms with van der Waals surface area (Å²) in [5.74, 6) is 0.793. The van der Waals surface area contributed by atoms with Crippen molar-refractivity contribution in [3.05, 3.63) is 0 Å². The van der Waals surface area contributed by atoms with Gasteiger partial charge in [0.15, 0.2) is 0 Å². The minimum absolute atomic E-state index is 0.0671. The quantitative estimate of drug-likeness (QED) is 0.509. The van der Waals surface area contributed by atoms with E-state index in [1.54, 1.807) is 0 Å². The maximum absolute atomic E-state index is 12.0. The number of carbonyl (C=O) groups excluding carboxylic acids is 2. The predicted molar refractivity (Wildman–Crippen MR) is 82.7 cm³/mol. The van der Waals surface area contributed by atoms with Gasteiger partial charge >= 0.3 is 0 Å². The van der Waals surface area contributed by atoms with E-state index in [0.29, 0.717) is 29.2 Å². The highest BCUT2D eigenvalue weighted by atomic mass is 127. The minimum Gasteiger partial charge on any atom is -0.354 e. The van der Waals surface area contributed by atoms with Crippen molar-refractivity contribution in [1.29, 1.82) is 0 Å². The second-order valence-corrected chi connectivity index (χ2v) is 6.12. The average molecular weight is 368 g/mol. The van der Waals surface area contributed by atoms with Crippen LogP contribution in [0.3, 0.4) is 0 Å². The summed E-state index contributed by atoms with van der Waals surface area (Å²) in [6.45, 7) is 9.01. The second kappa shape index (κ2) is 9.58. The first-order valence-electron chi connectivity index (χ1n) is 6.49. The maximum Gasteiger partial charge on any atom is 0.242 e. The molecule has 0 aromatic heterocycles. The highest BCUT2D eigenvalue weighted by Gasteiger charge is 2.20. The third kappa shape index (κ3) is 8.72. The molecule has 0 aliphatic heterocycles. The Morgan fingerprint density at radius 2 is 1.72 bits per heavy atom. The van der Waals surface area contributed by atoms with Crippen LogP contribution in [-0.2, 0) is 9.59 Å². The summed E-state index contributed by atoms with van der Waals surface area (Å²) < 4.78 is 0.381. The molecule has 0 aliphatic carbocycles. The van der Waals surface area contributed by atoms with Crippen LogP contribution in [-0.4, -0.2) is 28.8 Å². The van der Waals surface area contributed by atoms with E-state index >= 15 is 0 Å². The topological polar surface area (TPSA) is 58.2 Å². The summed E-state index contributed by atoms with van der Waals surface area (Å²) in [4.78, 5) is 23.4. The van der Waals surface area contributed by atoms with E-state index in [1.165, 1.54) is 0 Å². The summed E-state index contributed by atoms with van der Waals surface area (Å²) in [6.07, 6.45) is 1.64. The Morgan fingerprint density at radius 3 is 2.17 bits per heavy atom. The van der Waals surface area contributed by atoms with Gasteiger partial charge in [0.2, 0.25) is 11.8 Å². The Bertz CT molecular complexity index is 268. The molecule has 0 heterocycles. The van der Waals surface area contributed by atoms with E-state index in [1.807, 2.05) is 36.4 Å². The monoisotopic (exact) mass is 368 g/mol. The van der Waals surface area contributed by atoms with Gasteiger partial charge in [-0.2, -0.15) is 0 Å². The molecule has 0 saturated carbocycles. The third-order valence-corrected chi connectivity index (χ3v) is 3.19. The highest BCUT2D eigenvalue weighted by Crippen LogP contribution is 2.06. The first-order valence-corrected chi connectivity index (χ1v) is 8.02. The summed E-state index contributed by atoms with van der Waals surface area (Å²) >= 11 is 2.00. The largest absolute Gasteiger partial charge is 0.354 e. The number of halogens is 1. The lowest BCUT2D eigenvalue weighted by molar-refractivity contribution is -0.128. The van der Waals surface area contributed by atoms with Gasteiger partial charge < -0.3 is 10.6 Å². The van der Waals surface area contributed by atoms with Gasteiger partial charge in [0.05, 0.1) is 4.43 Å². The zero-order valence-electron chi connectivity index (χ0n) is 11.8. The number of carbonyl (C=O) groups is 2. The van der Waals surface area contributed by atoms with Crippen LogP contribution >= 0.6 is 22.6 Å². The molecule has 4 nitrogen and oxygen atoms in total. The van der Waals surface area contributed by atoms with Gasteiger partial charge in [0.1, 0.15) is 6.04 Å². The Hall–Kier alpha value is -0.330. The molecular weight excluding hydrogens is 343 g/mol. The SMILES string of the molecule is CC(C)CCNC(=O)[C@H](CC(C)C)NC(=O)CI. The van der Waals surface area contributed by atoms with E-state index in [0.717, 1.165) is 6.42 Å². The number of amides is 2. The molecule has 0 rings (SSSR count).